The van der Waals surface area contributed by atoms with Crippen LogP contribution in [0.4, 0.5) is 5.00 Å². The number of nitrogens with one attached hydrogen (secondary N) is 1. The Hall–Kier alpha value is -1.86. The van der Waals surface area contributed by atoms with Crippen LogP contribution < -0.4 is 4.72 Å². The third-order valence-corrected chi connectivity index (χ3v) is 4.77. The van der Waals surface area contributed by atoms with E-state index >= 15 is 0 Å². The third kappa shape index (κ3) is 3.12. The lowest BCUT2D eigenvalue weighted by atomic mass is 10.4. The molecule has 0 radical (unpaired) electrons. The van der Waals surface area contributed by atoms with Gasteiger partial charge in [-0.05, 0) is 24.3 Å². The monoisotopic (exact) mass is 297 g/mol. The molecule has 1 aromatic heterocycles. The standard InChI is InChI=1S/C12H11NO4S2/c1-17-12(14)10-7-8-11(18-10)13-19(15,16)9-5-3-2-4-6-9/h2-8,13H,1H3. The molecule has 7 heteroatoms. The highest BCUT2D eigenvalue weighted by Gasteiger charge is 2.16. The van der Waals surface area contributed by atoms with E-state index in [0.717, 1.165) is 11.3 Å². The topological polar surface area (TPSA) is 72.5 Å². The Kier molecular flexibility index (Phi) is 3.87. The number of ether oxygens (including phenoxy) is 1. The minimum atomic E-state index is -3.62. The summed E-state index contributed by atoms with van der Waals surface area (Å²) in [7, 11) is -2.35. The largest absolute Gasteiger partial charge is 0.465 e. The Morgan fingerprint density at radius 3 is 2.47 bits per heavy atom. The number of thiophene rings is 1. The molecule has 100 valence electrons. The van der Waals surface area contributed by atoms with Crippen LogP contribution in [-0.2, 0) is 14.8 Å². The van der Waals surface area contributed by atoms with Crippen molar-refractivity contribution in [3.8, 4) is 0 Å². The van der Waals surface area contributed by atoms with E-state index in [0.29, 0.717) is 9.88 Å². The van der Waals surface area contributed by atoms with Gasteiger partial charge in [0.15, 0.2) is 0 Å². The molecule has 0 amide bonds. The molecule has 0 saturated heterocycles. The average molecular weight is 297 g/mol. The number of esters is 1. The van der Waals surface area contributed by atoms with Gasteiger partial charge in [-0.15, -0.1) is 11.3 Å². The number of carbonyl (C=O) groups is 1. The van der Waals surface area contributed by atoms with Gasteiger partial charge < -0.3 is 4.74 Å². The number of carbonyl (C=O) groups excluding carboxylic acids is 1. The number of anilines is 1. The number of hydrogen-bond donors (Lipinski definition) is 1. The van der Waals surface area contributed by atoms with Crippen LogP contribution in [0.2, 0.25) is 0 Å². The summed E-state index contributed by atoms with van der Waals surface area (Å²) >= 11 is 1.02. The first kappa shape index (κ1) is 13.6. The predicted octanol–water partition coefficient (Wildman–Crippen LogP) is 2.34. The Labute approximate surface area is 114 Å². The van der Waals surface area contributed by atoms with Crippen molar-refractivity contribution >= 4 is 32.3 Å². The second-order valence-electron chi connectivity index (χ2n) is 3.57. The Morgan fingerprint density at radius 2 is 1.84 bits per heavy atom. The number of methoxy groups -OCH3 is 1. The first-order valence-corrected chi connectivity index (χ1v) is 7.59. The summed E-state index contributed by atoms with van der Waals surface area (Å²) in [6.07, 6.45) is 0. The molecule has 2 aromatic rings. The summed E-state index contributed by atoms with van der Waals surface area (Å²) in [5.41, 5.74) is 0. The second kappa shape index (κ2) is 5.41. The highest BCUT2D eigenvalue weighted by Crippen LogP contribution is 2.25. The number of hydrogen-bond acceptors (Lipinski definition) is 5. The van der Waals surface area contributed by atoms with Crippen LogP contribution >= 0.6 is 11.3 Å². The number of sulfonamides is 1. The van der Waals surface area contributed by atoms with E-state index in [9.17, 15) is 13.2 Å². The van der Waals surface area contributed by atoms with Gasteiger partial charge in [-0.25, -0.2) is 13.2 Å². The van der Waals surface area contributed by atoms with Crippen molar-refractivity contribution in [1.29, 1.82) is 0 Å². The lowest BCUT2D eigenvalue weighted by Gasteiger charge is -2.05. The van der Waals surface area contributed by atoms with Crippen LogP contribution in [0.3, 0.4) is 0 Å². The quantitative estimate of drug-likeness (QED) is 0.879. The Bertz CT molecular complexity index is 677. The van der Waals surface area contributed by atoms with Crippen LogP contribution in [0, 0.1) is 0 Å². The van der Waals surface area contributed by atoms with Gasteiger partial charge in [0.2, 0.25) is 0 Å². The molecule has 0 aliphatic heterocycles. The summed E-state index contributed by atoms with van der Waals surface area (Å²) < 4.78 is 31.0. The Balaban J connectivity index is 2.22. The zero-order valence-electron chi connectivity index (χ0n) is 9.99. The van der Waals surface area contributed by atoms with Crippen molar-refractivity contribution in [3.63, 3.8) is 0 Å². The van der Waals surface area contributed by atoms with Gasteiger partial charge in [-0.1, -0.05) is 18.2 Å². The maximum atomic E-state index is 12.0. The average Bonchev–Trinajstić information content (AvgIpc) is 2.86. The van der Waals surface area contributed by atoms with Crippen LogP contribution in [-0.4, -0.2) is 21.5 Å². The SMILES string of the molecule is COC(=O)c1ccc(NS(=O)(=O)c2ccccc2)s1. The molecule has 0 bridgehead atoms. The van der Waals surface area contributed by atoms with Crippen LogP contribution in [0.1, 0.15) is 9.67 Å². The summed E-state index contributed by atoms with van der Waals surface area (Å²) in [5, 5.41) is 0.365. The maximum absolute atomic E-state index is 12.0. The van der Waals surface area contributed by atoms with Gasteiger partial charge in [-0.2, -0.15) is 0 Å². The molecule has 0 saturated carbocycles. The van der Waals surface area contributed by atoms with E-state index in [1.165, 1.54) is 31.4 Å². The van der Waals surface area contributed by atoms with Gasteiger partial charge in [0.05, 0.1) is 12.0 Å². The van der Waals surface area contributed by atoms with Crippen molar-refractivity contribution in [3.05, 3.63) is 47.3 Å². The van der Waals surface area contributed by atoms with Crippen LogP contribution in [0.25, 0.3) is 0 Å². The molecule has 19 heavy (non-hydrogen) atoms. The zero-order valence-corrected chi connectivity index (χ0v) is 11.6. The second-order valence-corrected chi connectivity index (χ2v) is 6.34. The molecule has 0 aliphatic rings. The normalized spacial score (nSPS) is 11.0. The molecule has 1 N–H and O–H groups in total. The van der Waals surface area contributed by atoms with Gasteiger partial charge in [0, 0.05) is 0 Å². The summed E-state index contributed by atoms with van der Waals surface area (Å²) in [6.45, 7) is 0. The summed E-state index contributed by atoms with van der Waals surface area (Å²) in [6, 6.07) is 11.1. The van der Waals surface area contributed by atoms with E-state index in [1.54, 1.807) is 18.2 Å². The van der Waals surface area contributed by atoms with Crippen molar-refractivity contribution in [2.45, 2.75) is 4.90 Å². The molecule has 0 spiro atoms. The highest BCUT2D eigenvalue weighted by atomic mass is 32.2. The van der Waals surface area contributed by atoms with Crippen molar-refractivity contribution < 1.29 is 17.9 Å². The molecular weight excluding hydrogens is 286 g/mol. The van der Waals surface area contributed by atoms with E-state index in [2.05, 4.69) is 9.46 Å². The maximum Gasteiger partial charge on any atom is 0.348 e. The molecule has 1 heterocycles. The fraction of sp³-hybridized carbons (Fsp3) is 0.0833. The lowest BCUT2D eigenvalue weighted by Crippen LogP contribution is -2.11. The third-order valence-electron chi connectivity index (χ3n) is 2.28. The minimum absolute atomic E-state index is 0.169. The molecule has 0 atom stereocenters. The minimum Gasteiger partial charge on any atom is -0.465 e. The van der Waals surface area contributed by atoms with E-state index in [1.807, 2.05) is 0 Å². The molecule has 0 fully saturated rings. The predicted molar refractivity (Wildman–Crippen MR) is 72.9 cm³/mol. The molecule has 0 aliphatic carbocycles. The fourth-order valence-corrected chi connectivity index (χ4v) is 3.53. The first-order valence-electron chi connectivity index (χ1n) is 5.29. The summed E-state index contributed by atoms with van der Waals surface area (Å²) in [5.74, 6) is -0.491. The molecular formula is C12H11NO4S2. The Morgan fingerprint density at radius 1 is 1.16 bits per heavy atom. The smallest absolute Gasteiger partial charge is 0.348 e. The van der Waals surface area contributed by atoms with Crippen LogP contribution in [0.5, 0.6) is 0 Å². The number of rotatable bonds is 4. The van der Waals surface area contributed by atoms with Crippen molar-refractivity contribution in [2.24, 2.45) is 0 Å². The molecule has 1 aromatic carbocycles. The van der Waals surface area contributed by atoms with Crippen molar-refractivity contribution in [1.82, 2.24) is 0 Å². The van der Waals surface area contributed by atoms with Gasteiger partial charge in [0.1, 0.15) is 9.88 Å². The highest BCUT2D eigenvalue weighted by molar-refractivity contribution is 7.93. The van der Waals surface area contributed by atoms with Gasteiger partial charge >= 0.3 is 5.97 Å². The van der Waals surface area contributed by atoms with E-state index in [-0.39, 0.29) is 4.90 Å². The van der Waals surface area contributed by atoms with E-state index < -0.39 is 16.0 Å². The molecule has 0 unspecified atom stereocenters. The summed E-state index contributed by atoms with van der Waals surface area (Å²) in [4.78, 5) is 11.8. The molecule has 2 rings (SSSR count). The van der Waals surface area contributed by atoms with Gasteiger partial charge in [0.25, 0.3) is 10.0 Å². The number of benzene rings is 1. The lowest BCUT2D eigenvalue weighted by molar-refractivity contribution is 0.0606. The zero-order chi connectivity index (χ0) is 13.9. The van der Waals surface area contributed by atoms with Crippen molar-refractivity contribution in [2.75, 3.05) is 11.8 Å². The fourth-order valence-electron chi connectivity index (χ4n) is 1.39. The van der Waals surface area contributed by atoms with Gasteiger partial charge in [-0.3, -0.25) is 4.72 Å². The van der Waals surface area contributed by atoms with Crippen LogP contribution in [0.15, 0.2) is 47.4 Å². The van der Waals surface area contributed by atoms with E-state index in [4.69, 9.17) is 0 Å². The first-order chi connectivity index (χ1) is 9.03. The molecule has 5 nitrogen and oxygen atoms in total.